The van der Waals surface area contributed by atoms with Gasteiger partial charge in [-0.3, -0.25) is 4.79 Å². The van der Waals surface area contributed by atoms with E-state index >= 15 is 0 Å². The summed E-state index contributed by atoms with van der Waals surface area (Å²) >= 11 is 1.37. The van der Waals surface area contributed by atoms with Crippen molar-refractivity contribution in [3.63, 3.8) is 0 Å². The second-order valence-corrected chi connectivity index (χ2v) is 9.54. The van der Waals surface area contributed by atoms with E-state index in [1.54, 1.807) is 0 Å². The first-order valence-corrected chi connectivity index (χ1v) is 12.1. The SMILES string of the molecule is Cc1nc(-c2ccccc2)sc1C(=O)NCc1cc(CC(OC(C)C)C(=O)O)cc2c1OCC2. The van der Waals surface area contributed by atoms with E-state index in [2.05, 4.69) is 10.3 Å². The first-order valence-electron chi connectivity index (χ1n) is 11.3. The van der Waals surface area contributed by atoms with Gasteiger partial charge in [0.05, 0.1) is 18.4 Å². The van der Waals surface area contributed by atoms with Crippen LogP contribution in [0.3, 0.4) is 0 Å². The number of ether oxygens (including phenoxy) is 2. The van der Waals surface area contributed by atoms with E-state index in [0.29, 0.717) is 17.2 Å². The van der Waals surface area contributed by atoms with E-state index in [0.717, 1.165) is 39.4 Å². The van der Waals surface area contributed by atoms with Crippen LogP contribution in [0.1, 0.15) is 45.9 Å². The summed E-state index contributed by atoms with van der Waals surface area (Å²) in [4.78, 5) is 29.8. The molecule has 0 radical (unpaired) electrons. The number of aryl methyl sites for hydroxylation is 1. The van der Waals surface area contributed by atoms with Gasteiger partial charge in [-0.25, -0.2) is 9.78 Å². The normalized spacial score (nSPS) is 13.4. The van der Waals surface area contributed by atoms with E-state index in [4.69, 9.17) is 9.47 Å². The van der Waals surface area contributed by atoms with Crippen molar-refractivity contribution in [3.05, 3.63) is 69.7 Å². The zero-order valence-electron chi connectivity index (χ0n) is 19.5. The highest BCUT2D eigenvalue weighted by Gasteiger charge is 2.24. The molecule has 4 rings (SSSR count). The van der Waals surface area contributed by atoms with Gasteiger partial charge in [-0.15, -0.1) is 11.3 Å². The number of aliphatic carboxylic acids is 1. The highest BCUT2D eigenvalue weighted by molar-refractivity contribution is 7.17. The molecule has 8 heteroatoms. The molecular weight excluding hydrogens is 452 g/mol. The molecule has 3 aromatic rings. The molecule has 0 spiro atoms. The maximum absolute atomic E-state index is 13.0. The number of aromatic nitrogens is 1. The third kappa shape index (κ3) is 5.46. The summed E-state index contributed by atoms with van der Waals surface area (Å²) in [6, 6.07) is 13.7. The van der Waals surface area contributed by atoms with Crippen LogP contribution in [0.4, 0.5) is 0 Å². The lowest BCUT2D eigenvalue weighted by molar-refractivity contribution is -0.153. The van der Waals surface area contributed by atoms with Gasteiger partial charge in [-0.1, -0.05) is 42.5 Å². The number of carboxylic acids is 1. The molecule has 1 unspecified atom stereocenters. The van der Waals surface area contributed by atoms with Crippen molar-refractivity contribution < 1.29 is 24.2 Å². The quantitative estimate of drug-likeness (QED) is 0.471. The number of fused-ring (bicyclic) bond motifs is 1. The fourth-order valence-electron chi connectivity index (χ4n) is 4.01. The molecule has 0 aliphatic carbocycles. The summed E-state index contributed by atoms with van der Waals surface area (Å²) in [6.07, 6.45) is -0.127. The molecule has 7 nitrogen and oxygen atoms in total. The number of carbonyl (C=O) groups is 2. The van der Waals surface area contributed by atoms with Gasteiger partial charge in [0.2, 0.25) is 0 Å². The zero-order chi connectivity index (χ0) is 24.2. The third-order valence-electron chi connectivity index (χ3n) is 5.52. The summed E-state index contributed by atoms with van der Waals surface area (Å²) in [5.74, 6) is -0.414. The summed E-state index contributed by atoms with van der Waals surface area (Å²) < 4.78 is 11.4. The van der Waals surface area contributed by atoms with E-state index in [9.17, 15) is 14.7 Å². The van der Waals surface area contributed by atoms with Gasteiger partial charge in [0.15, 0.2) is 6.10 Å². The highest BCUT2D eigenvalue weighted by atomic mass is 32.1. The second-order valence-electron chi connectivity index (χ2n) is 8.54. The first-order chi connectivity index (χ1) is 16.3. The summed E-state index contributed by atoms with van der Waals surface area (Å²) in [6.45, 7) is 6.31. The van der Waals surface area contributed by atoms with Gasteiger partial charge in [0.1, 0.15) is 15.6 Å². The molecule has 0 saturated carbocycles. The molecule has 2 heterocycles. The van der Waals surface area contributed by atoms with Crippen molar-refractivity contribution in [3.8, 4) is 16.3 Å². The number of hydrogen-bond donors (Lipinski definition) is 2. The largest absolute Gasteiger partial charge is 0.493 e. The van der Waals surface area contributed by atoms with Gasteiger partial charge < -0.3 is 19.9 Å². The lowest BCUT2D eigenvalue weighted by Gasteiger charge is -2.18. The summed E-state index contributed by atoms with van der Waals surface area (Å²) in [5.41, 5.74) is 4.37. The molecule has 1 aliphatic rings. The van der Waals surface area contributed by atoms with Crippen LogP contribution in [-0.4, -0.2) is 40.8 Å². The Morgan fingerprint density at radius 1 is 1.24 bits per heavy atom. The van der Waals surface area contributed by atoms with E-state index < -0.39 is 12.1 Å². The van der Waals surface area contributed by atoms with Crippen LogP contribution in [0.2, 0.25) is 0 Å². The van der Waals surface area contributed by atoms with E-state index in [-0.39, 0.29) is 25.0 Å². The lowest BCUT2D eigenvalue weighted by Crippen LogP contribution is -2.29. The molecule has 0 bridgehead atoms. The first kappa shape index (κ1) is 23.9. The molecular formula is C26H28N2O5S. The van der Waals surface area contributed by atoms with Crippen LogP contribution in [0.5, 0.6) is 5.75 Å². The Kier molecular flexibility index (Phi) is 7.29. The lowest BCUT2D eigenvalue weighted by atomic mass is 9.99. The van der Waals surface area contributed by atoms with Crippen molar-refractivity contribution in [2.45, 2.75) is 52.4 Å². The van der Waals surface area contributed by atoms with E-state index in [1.807, 2.05) is 63.2 Å². The van der Waals surface area contributed by atoms with Crippen LogP contribution in [0.25, 0.3) is 10.6 Å². The monoisotopic (exact) mass is 480 g/mol. The van der Waals surface area contributed by atoms with Crippen LogP contribution >= 0.6 is 11.3 Å². The fraction of sp³-hybridized carbons (Fsp3) is 0.346. The number of benzene rings is 2. The molecule has 2 aromatic carbocycles. The minimum atomic E-state index is -0.991. The number of nitrogens with one attached hydrogen (secondary N) is 1. The Bertz CT molecular complexity index is 1190. The van der Waals surface area contributed by atoms with Crippen molar-refractivity contribution in [2.24, 2.45) is 0 Å². The zero-order valence-corrected chi connectivity index (χ0v) is 20.3. The Morgan fingerprint density at radius 2 is 2.00 bits per heavy atom. The minimum Gasteiger partial charge on any atom is -0.493 e. The standard InChI is InChI=1S/C26H28N2O5S/c1-15(2)33-21(26(30)31)13-17-11-19-9-10-32-22(19)20(12-17)14-27-24(29)23-16(3)28-25(34-23)18-7-5-4-6-8-18/h4-8,11-12,15,21H,9-10,13-14H2,1-3H3,(H,27,29)(H,30,31). The van der Waals surface area contributed by atoms with Crippen molar-refractivity contribution in [2.75, 3.05) is 6.61 Å². The summed E-state index contributed by atoms with van der Waals surface area (Å²) in [7, 11) is 0. The number of amides is 1. The molecule has 0 fully saturated rings. The average Bonchev–Trinajstić information content (AvgIpc) is 3.43. The maximum atomic E-state index is 13.0. The number of thiazole rings is 1. The van der Waals surface area contributed by atoms with Gasteiger partial charge in [0, 0.05) is 30.5 Å². The van der Waals surface area contributed by atoms with Crippen LogP contribution < -0.4 is 10.1 Å². The van der Waals surface area contributed by atoms with Gasteiger partial charge in [0.25, 0.3) is 5.91 Å². The predicted octanol–water partition coefficient (Wildman–Crippen LogP) is 4.40. The molecule has 1 aromatic heterocycles. The van der Waals surface area contributed by atoms with Crippen LogP contribution in [-0.2, 0) is 28.9 Å². The van der Waals surface area contributed by atoms with Crippen molar-refractivity contribution in [1.29, 1.82) is 0 Å². The number of rotatable bonds is 9. The number of nitrogens with zero attached hydrogens (tertiary/aromatic N) is 1. The molecule has 1 atom stereocenters. The third-order valence-corrected chi connectivity index (χ3v) is 6.72. The molecule has 1 amide bonds. The Morgan fingerprint density at radius 3 is 2.71 bits per heavy atom. The van der Waals surface area contributed by atoms with Gasteiger partial charge in [-0.05, 0) is 31.9 Å². The molecule has 34 heavy (non-hydrogen) atoms. The average molecular weight is 481 g/mol. The second kappa shape index (κ2) is 10.4. The van der Waals surface area contributed by atoms with Crippen molar-refractivity contribution >= 4 is 23.2 Å². The fourth-order valence-corrected chi connectivity index (χ4v) is 5.00. The molecule has 1 aliphatic heterocycles. The van der Waals surface area contributed by atoms with E-state index in [1.165, 1.54) is 11.3 Å². The predicted molar refractivity (Wildman–Crippen MR) is 130 cm³/mol. The van der Waals surface area contributed by atoms with Crippen LogP contribution in [0.15, 0.2) is 42.5 Å². The number of hydrogen-bond acceptors (Lipinski definition) is 6. The highest BCUT2D eigenvalue weighted by Crippen LogP contribution is 2.32. The Labute approximate surface area is 202 Å². The molecule has 178 valence electrons. The molecule has 2 N–H and O–H groups in total. The maximum Gasteiger partial charge on any atom is 0.333 e. The smallest absolute Gasteiger partial charge is 0.333 e. The minimum absolute atomic E-state index is 0.193. The van der Waals surface area contributed by atoms with Crippen LogP contribution in [0, 0.1) is 6.92 Å². The molecule has 0 saturated heterocycles. The van der Waals surface area contributed by atoms with Gasteiger partial charge in [-0.2, -0.15) is 0 Å². The number of carboxylic acid groups (broad SMARTS) is 1. The van der Waals surface area contributed by atoms with Gasteiger partial charge >= 0.3 is 5.97 Å². The van der Waals surface area contributed by atoms with Crippen molar-refractivity contribution in [1.82, 2.24) is 10.3 Å². The number of carbonyl (C=O) groups excluding carboxylic acids is 1. The summed E-state index contributed by atoms with van der Waals surface area (Å²) in [5, 5.41) is 13.3. The topological polar surface area (TPSA) is 97.8 Å². The Balaban J connectivity index is 1.51. The Hall–Kier alpha value is -3.23.